The van der Waals surface area contributed by atoms with Gasteiger partial charge in [-0.15, -0.1) is 0 Å². The first-order chi connectivity index (χ1) is 13.9. The first-order valence-electron chi connectivity index (χ1n) is 9.43. The van der Waals surface area contributed by atoms with Gasteiger partial charge in [-0.1, -0.05) is 11.6 Å². The molecule has 1 saturated heterocycles. The quantitative estimate of drug-likeness (QED) is 0.570. The number of rotatable bonds is 6. The van der Waals surface area contributed by atoms with E-state index in [1.807, 2.05) is 6.07 Å². The fraction of sp³-hybridized carbons (Fsp3) is 0.450. The van der Waals surface area contributed by atoms with Crippen LogP contribution in [0.1, 0.15) is 32.1 Å². The Bertz CT molecular complexity index is 873. The number of aryl methyl sites for hydroxylation is 1. The van der Waals surface area contributed by atoms with Gasteiger partial charge in [0.1, 0.15) is 18.1 Å². The molecule has 1 aliphatic heterocycles. The molecule has 0 bridgehead atoms. The van der Waals surface area contributed by atoms with Gasteiger partial charge in [0.25, 0.3) is 5.91 Å². The fourth-order valence-electron chi connectivity index (χ4n) is 3.41. The van der Waals surface area contributed by atoms with Crippen LogP contribution in [0.15, 0.2) is 18.3 Å². The zero-order valence-corrected chi connectivity index (χ0v) is 17.6. The molecule has 1 fully saturated rings. The minimum Gasteiger partial charge on any atom is -0.460 e. The van der Waals surface area contributed by atoms with Gasteiger partial charge in [0.15, 0.2) is 0 Å². The summed E-state index contributed by atoms with van der Waals surface area (Å²) in [5, 5.41) is 0.594. The van der Waals surface area contributed by atoms with Crippen LogP contribution >= 0.6 is 11.6 Å². The average molecular weight is 421 g/mol. The molecule has 2 aromatic rings. The lowest BCUT2D eigenvalue weighted by Gasteiger charge is -2.35. The van der Waals surface area contributed by atoms with E-state index in [0.717, 1.165) is 5.82 Å². The lowest BCUT2D eigenvalue weighted by Crippen LogP contribution is -2.49. The summed E-state index contributed by atoms with van der Waals surface area (Å²) in [6.07, 6.45) is 1.62. The number of methoxy groups -OCH3 is 1. The van der Waals surface area contributed by atoms with E-state index in [1.165, 1.54) is 0 Å². The van der Waals surface area contributed by atoms with E-state index in [2.05, 4.69) is 14.9 Å². The molecule has 0 saturated carbocycles. The van der Waals surface area contributed by atoms with E-state index < -0.39 is 5.97 Å². The van der Waals surface area contributed by atoms with Crippen molar-refractivity contribution in [2.24, 2.45) is 0 Å². The predicted octanol–water partition coefficient (Wildman–Crippen LogP) is 2.45. The standard InChI is InChI=1S/C20H25ClN4O4/c1-13-17(20(27)29-11-10-28-3)14(2)23-18(13)19(26)25-8-6-24(7-9-25)16-5-4-15(21)12-22-16/h4-5,12,23H,6-11H2,1-3H3. The third kappa shape index (κ3) is 4.71. The maximum absolute atomic E-state index is 13.0. The second kappa shape index (κ2) is 9.28. The molecular weight excluding hydrogens is 396 g/mol. The number of hydrogen-bond acceptors (Lipinski definition) is 6. The second-order valence-electron chi connectivity index (χ2n) is 6.87. The summed E-state index contributed by atoms with van der Waals surface area (Å²) in [6, 6.07) is 3.68. The molecule has 1 N–H and O–H groups in total. The summed E-state index contributed by atoms with van der Waals surface area (Å²) in [5.41, 5.74) is 2.07. The van der Waals surface area contributed by atoms with Crippen molar-refractivity contribution >= 4 is 29.3 Å². The number of carbonyl (C=O) groups excluding carboxylic acids is 2. The summed E-state index contributed by atoms with van der Waals surface area (Å²) in [6.45, 7) is 6.49. The Hall–Kier alpha value is -2.58. The summed E-state index contributed by atoms with van der Waals surface area (Å²) in [7, 11) is 1.54. The Labute approximate surface area is 174 Å². The Morgan fingerprint density at radius 1 is 1.17 bits per heavy atom. The minimum absolute atomic E-state index is 0.120. The van der Waals surface area contributed by atoms with E-state index >= 15 is 0 Å². The highest BCUT2D eigenvalue weighted by molar-refractivity contribution is 6.30. The number of aromatic nitrogens is 2. The first kappa shape index (κ1) is 21.1. The normalized spacial score (nSPS) is 14.2. The zero-order valence-electron chi connectivity index (χ0n) is 16.8. The maximum Gasteiger partial charge on any atom is 0.340 e. The number of aromatic amines is 1. The molecule has 1 amide bonds. The number of hydrogen-bond donors (Lipinski definition) is 1. The highest BCUT2D eigenvalue weighted by atomic mass is 35.5. The number of anilines is 1. The van der Waals surface area contributed by atoms with E-state index in [1.54, 1.807) is 38.1 Å². The monoisotopic (exact) mass is 420 g/mol. The Morgan fingerprint density at radius 3 is 2.52 bits per heavy atom. The molecule has 3 heterocycles. The van der Waals surface area contributed by atoms with Crippen molar-refractivity contribution in [3.8, 4) is 0 Å². The summed E-state index contributed by atoms with van der Waals surface area (Å²) in [5.74, 6) is 0.269. The highest BCUT2D eigenvalue weighted by Crippen LogP contribution is 2.22. The molecule has 0 aromatic carbocycles. The van der Waals surface area contributed by atoms with Gasteiger partial charge >= 0.3 is 5.97 Å². The van der Waals surface area contributed by atoms with Crippen molar-refractivity contribution in [1.82, 2.24) is 14.9 Å². The summed E-state index contributed by atoms with van der Waals surface area (Å²) >= 11 is 5.89. The second-order valence-corrected chi connectivity index (χ2v) is 7.30. The fourth-order valence-corrected chi connectivity index (χ4v) is 3.52. The van der Waals surface area contributed by atoms with Crippen LogP contribution in [-0.4, -0.2) is 73.2 Å². The number of piperazine rings is 1. The molecule has 156 valence electrons. The van der Waals surface area contributed by atoms with Crippen molar-refractivity contribution in [2.45, 2.75) is 13.8 Å². The van der Waals surface area contributed by atoms with Crippen molar-refractivity contribution < 1.29 is 19.1 Å². The predicted molar refractivity (Wildman–Crippen MR) is 110 cm³/mol. The Balaban J connectivity index is 1.66. The average Bonchev–Trinajstić information content (AvgIpc) is 3.02. The van der Waals surface area contributed by atoms with E-state index in [0.29, 0.717) is 60.3 Å². The SMILES string of the molecule is COCCOC(=O)c1c(C)[nH]c(C(=O)N2CCN(c3ccc(Cl)cn3)CC2)c1C. The Morgan fingerprint density at radius 2 is 1.90 bits per heavy atom. The maximum atomic E-state index is 13.0. The molecule has 0 aliphatic carbocycles. The van der Waals surface area contributed by atoms with Gasteiger partial charge < -0.3 is 24.3 Å². The molecule has 0 spiro atoms. The van der Waals surface area contributed by atoms with Gasteiger partial charge in [0, 0.05) is 45.2 Å². The zero-order chi connectivity index (χ0) is 21.0. The molecule has 1 aliphatic rings. The van der Waals surface area contributed by atoms with Gasteiger partial charge in [0.05, 0.1) is 17.2 Å². The van der Waals surface area contributed by atoms with Crippen molar-refractivity contribution in [3.63, 3.8) is 0 Å². The van der Waals surface area contributed by atoms with E-state index in [9.17, 15) is 9.59 Å². The van der Waals surface area contributed by atoms with Crippen LogP contribution in [0, 0.1) is 13.8 Å². The van der Waals surface area contributed by atoms with Gasteiger partial charge in [-0.2, -0.15) is 0 Å². The van der Waals surface area contributed by atoms with Crippen LogP contribution in [0.4, 0.5) is 5.82 Å². The number of esters is 1. The number of amides is 1. The van der Waals surface area contributed by atoms with Crippen LogP contribution in [0.5, 0.6) is 0 Å². The highest BCUT2D eigenvalue weighted by Gasteiger charge is 2.28. The summed E-state index contributed by atoms with van der Waals surface area (Å²) in [4.78, 5) is 36.7. The number of ether oxygens (including phenoxy) is 2. The van der Waals surface area contributed by atoms with Crippen molar-refractivity contribution in [1.29, 1.82) is 0 Å². The van der Waals surface area contributed by atoms with Gasteiger partial charge in [-0.05, 0) is 31.5 Å². The summed E-state index contributed by atoms with van der Waals surface area (Å²) < 4.78 is 10.1. The van der Waals surface area contributed by atoms with Crippen LogP contribution in [0.2, 0.25) is 5.02 Å². The Kier molecular flexibility index (Phi) is 6.76. The molecule has 0 unspecified atom stereocenters. The van der Waals surface area contributed by atoms with Crippen LogP contribution in [-0.2, 0) is 9.47 Å². The smallest absolute Gasteiger partial charge is 0.340 e. The van der Waals surface area contributed by atoms with Crippen LogP contribution in [0.3, 0.4) is 0 Å². The van der Waals surface area contributed by atoms with Gasteiger partial charge in [-0.25, -0.2) is 9.78 Å². The molecule has 9 heteroatoms. The number of halogens is 1. The van der Waals surface area contributed by atoms with Gasteiger partial charge in [-0.3, -0.25) is 4.79 Å². The third-order valence-electron chi connectivity index (χ3n) is 4.98. The third-order valence-corrected chi connectivity index (χ3v) is 5.20. The van der Waals surface area contributed by atoms with Gasteiger partial charge in [0.2, 0.25) is 0 Å². The number of nitrogens with zero attached hydrogens (tertiary/aromatic N) is 3. The number of pyridine rings is 1. The number of nitrogens with one attached hydrogen (secondary N) is 1. The molecule has 2 aromatic heterocycles. The number of carbonyl (C=O) groups is 2. The molecule has 3 rings (SSSR count). The van der Waals surface area contributed by atoms with Crippen LogP contribution < -0.4 is 4.90 Å². The lowest BCUT2D eigenvalue weighted by molar-refractivity contribution is 0.0387. The van der Waals surface area contributed by atoms with Crippen molar-refractivity contribution in [2.75, 3.05) is 51.4 Å². The molecule has 0 atom stereocenters. The largest absolute Gasteiger partial charge is 0.460 e. The minimum atomic E-state index is -0.453. The van der Waals surface area contributed by atoms with E-state index in [4.69, 9.17) is 21.1 Å². The molecular formula is C20H25ClN4O4. The molecule has 29 heavy (non-hydrogen) atoms. The molecule has 8 nitrogen and oxygen atoms in total. The topological polar surface area (TPSA) is 87.8 Å². The lowest BCUT2D eigenvalue weighted by atomic mass is 10.1. The first-order valence-corrected chi connectivity index (χ1v) is 9.81. The number of H-pyrrole nitrogens is 1. The molecule has 0 radical (unpaired) electrons. The van der Waals surface area contributed by atoms with Crippen molar-refractivity contribution in [3.05, 3.63) is 45.9 Å². The van der Waals surface area contributed by atoms with E-state index in [-0.39, 0.29) is 12.5 Å². The van der Waals surface area contributed by atoms with Crippen LogP contribution in [0.25, 0.3) is 0 Å².